The van der Waals surface area contributed by atoms with Crippen LogP contribution in [-0.2, 0) is 0 Å². The van der Waals surface area contributed by atoms with E-state index in [9.17, 15) is 14.9 Å². The van der Waals surface area contributed by atoms with Gasteiger partial charge in [0, 0.05) is 49.7 Å². The van der Waals surface area contributed by atoms with Gasteiger partial charge >= 0.3 is 0 Å². The lowest BCUT2D eigenvalue weighted by Crippen LogP contribution is -2.34. The fourth-order valence-electron chi connectivity index (χ4n) is 4.30. The number of piperidine rings is 1. The van der Waals surface area contributed by atoms with E-state index >= 15 is 0 Å². The summed E-state index contributed by atoms with van der Waals surface area (Å²) in [4.78, 5) is 28.5. The first kappa shape index (κ1) is 20.2. The summed E-state index contributed by atoms with van der Waals surface area (Å²) in [6, 6.07) is 12.4. The van der Waals surface area contributed by atoms with Gasteiger partial charge in [0.15, 0.2) is 0 Å². The second-order valence-electron chi connectivity index (χ2n) is 8.33. The number of non-ortho nitro benzene ring substituents is 1. The first-order valence-corrected chi connectivity index (χ1v) is 10.7. The largest absolute Gasteiger partial charge is 0.371 e. The summed E-state index contributed by atoms with van der Waals surface area (Å²) in [5, 5.41) is 14.3. The van der Waals surface area contributed by atoms with Gasteiger partial charge in [0.2, 0.25) is 0 Å². The zero-order valence-corrected chi connectivity index (χ0v) is 17.3. The Balaban J connectivity index is 1.60. The summed E-state index contributed by atoms with van der Waals surface area (Å²) in [7, 11) is 0. The van der Waals surface area contributed by atoms with Gasteiger partial charge in [0.05, 0.1) is 16.2 Å². The molecule has 2 aromatic rings. The Morgan fingerprint density at radius 1 is 1.03 bits per heavy atom. The quantitative estimate of drug-likeness (QED) is 0.574. The normalized spacial score (nSPS) is 17.2. The molecular weight excluding hydrogens is 380 g/mol. The molecular formula is C23H28N4O3. The Kier molecular flexibility index (Phi) is 5.88. The van der Waals surface area contributed by atoms with Crippen LogP contribution in [0.1, 0.15) is 43.0 Å². The number of carbonyl (C=O) groups excluding carboxylic acids is 1. The number of hydrogen-bond donors (Lipinski definition) is 1. The highest BCUT2D eigenvalue weighted by molar-refractivity contribution is 6.08. The van der Waals surface area contributed by atoms with Gasteiger partial charge in [0.25, 0.3) is 11.6 Å². The molecule has 2 saturated heterocycles. The summed E-state index contributed by atoms with van der Waals surface area (Å²) in [5.41, 5.74) is 2.84. The predicted octanol–water partition coefficient (Wildman–Crippen LogP) is 4.68. The summed E-state index contributed by atoms with van der Waals surface area (Å²) in [6.07, 6.45) is 4.47. The highest BCUT2D eigenvalue weighted by atomic mass is 16.6. The first-order chi connectivity index (χ1) is 14.5. The van der Waals surface area contributed by atoms with Crippen molar-refractivity contribution in [3.05, 3.63) is 58.1 Å². The van der Waals surface area contributed by atoms with Crippen molar-refractivity contribution < 1.29 is 9.72 Å². The van der Waals surface area contributed by atoms with Crippen LogP contribution in [-0.4, -0.2) is 37.0 Å². The number of hydrogen-bond acceptors (Lipinski definition) is 5. The lowest BCUT2D eigenvalue weighted by atomic mass is 9.98. The van der Waals surface area contributed by atoms with Gasteiger partial charge in [-0.05, 0) is 55.9 Å². The molecule has 0 aromatic heterocycles. The van der Waals surface area contributed by atoms with E-state index in [1.165, 1.54) is 25.0 Å². The van der Waals surface area contributed by atoms with Crippen LogP contribution in [0.15, 0.2) is 42.5 Å². The molecule has 0 aliphatic carbocycles. The number of nitrogens with one attached hydrogen (secondary N) is 1. The first-order valence-electron chi connectivity index (χ1n) is 10.7. The van der Waals surface area contributed by atoms with Crippen LogP contribution in [0.5, 0.6) is 0 Å². The van der Waals surface area contributed by atoms with Crippen molar-refractivity contribution in [2.24, 2.45) is 5.92 Å². The molecule has 2 aromatic carbocycles. The number of nitro groups is 1. The number of benzene rings is 2. The third-order valence-corrected chi connectivity index (χ3v) is 6.14. The van der Waals surface area contributed by atoms with Crippen molar-refractivity contribution in [3.63, 3.8) is 0 Å². The Labute approximate surface area is 176 Å². The third-order valence-electron chi connectivity index (χ3n) is 6.14. The summed E-state index contributed by atoms with van der Waals surface area (Å²) >= 11 is 0. The Bertz CT molecular complexity index is 932. The fourth-order valence-corrected chi connectivity index (χ4v) is 4.30. The average molecular weight is 409 g/mol. The molecule has 4 rings (SSSR count). The zero-order chi connectivity index (χ0) is 21.1. The molecule has 0 bridgehead atoms. The van der Waals surface area contributed by atoms with E-state index in [0.29, 0.717) is 17.2 Å². The van der Waals surface area contributed by atoms with E-state index in [2.05, 4.69) is 28.1 Å². The van der Waals surface area contributed by atoms with E-state index in [0.717, 1.165) is 50.4 Å². The van der Waals surface area contributed by atoms with Gasteiger partial charge in [-0.25, -0.2) is 0 Å². The molecule has 1 amide bonds. The minimum absolute atomic E-state index is 0.0694. The fraction of sp³-hybridized carbons (Fsp3) is 0.435. The summed E-state index contributed by atoms with van der Waals surface area (Å²) in [5.74, 6) is 0.343. The predicted molar refractivity (Wildman–Crippen MR) is 120 cm³/mol. The smallest absolute Gasteiger partial charge is 0.270 e. The van der Waals surface area contributed by atoms with Crippen LogP contribution in [0.4, 0.5) is 22.7 Å². The number of rotatable bonds is 5. The van der Waals surface area contributed by atoms with Crippen molar-refractivity contribution in [1.29, 1.82) is 0 Å². The molecule has 0 atom stereocenters. The van der Waals surface area contributed by atoms with Gasteiger partial charge in [-0.2, -0.15) is 0 Å². The lowest BCUT2D eigenvalue weighted by Gasteiger charge is -2.33. The maximum absolute atomic E-state index is 13.2. The minimum Gasteiger partial charge on any atom is -0.371 e. The topological polar surface area (TPSA) is 78.7 Å². The molecule has 0 radical (unpaired) electrons. The van der Waals surface area contributed by atoms with Crippen LogP contribution in [0.3, 0.4) is 0 Å². The number of amides is 1. The van der Waals surface area contributed by atoms with Gasteiger partial charge < -0.3 is 15.1 Å². The Hall–Kier alpha value is -3.09. The second kappa shape index (κ2) is 8.73. The molecule has 7 nitrogen and oxygen atoms in total. The molecule has 7 heteroatoms. The monoisotopic (exact) mass is 408 g/mol. The summed E-state index contributed by atoms with van der Waals surface area (Å²) in [6.45, 7) is 5.99. The molecule has 1 N–H and O–H groups in total. The standard InChI is InChI=1S/C23H28N4O3/c1-17-9-13-26(14-10-17)22-8-7-20(27(29)30)16-21(22)23(28)24-18-5-4-6-19(15-18)25-11-2-3-12-25/h4-8,15-17H,2-3,9-14H2,1H3,(H,24,28). The van der Waals surface area contributed by atoms with Crippen LogP contribution < -0.4 is 15.1 Å². The Morgan fingerprint density at radius 3 is 2.47 bits per heavy atom. The van der Waals surface area contributed by atoms with Crippen molar-refractivity contribution in [3.8, 4) is 0 Å². The molecule has 2 heterocycles. The maximum atomic E-state index is 13.2. The van der Waals surface area contributed by atoms with E-state index in [1.54, 1.807) is 6.07 Å². The maximum Gasteiger partial charge on any atom is 0.270 e. The third kappa shape index (κ3) is 4.40. The number of nitrogens with zero attached hydrogens (tertiary/aromatic N) is 3. The molecule has 2 aliphatic rings. The van der Waals surface area contributed by atoms with Gasteiger partial charge in [-0.15, -0.1) is 0 Å². The number of anilines is 3. The molecule has 158 valence electrons. The van der Waals surface area contributed by atoms with Gasteiger partial charge in [-0.3, -0.25) is 14.9 Å². The van der Waals surface area contributed by atoms with Crippen molar-refractivity contribution in [2.75, 3.05) is 41.3 Å². The second-order valence-corrected chi connectivity index (χ2v) is 8.33. The SMILES string of the molecule is CC1CCN(c2ccc([N+](=O)[O-])cc2C(=O)Nc2cccc(N3CCCC3)c2)CC1. The van der Waals surface area contributed by atoms with E-state index < -0.39 is 4.92 Å². The highest BCUT2D eigenvalue weighted by Crippen LogP contribution is 2.30. The minimum atomic E-state index is -0.452. The van der Waals surface area contributed by atoms with Gasteiger partial charge in [0.1, 0.15) is 0 Å². The van der Waals surface area contributed by atoms with E-state index in [4.69, 9.17) is 0 Å². The molecule has 2 fully saturated rings. The van der Waals surface area contributed by atoms with Gasteiger partial charge in [-0.1, -0.05) is 13.0 Å². The molecule has 30 heavy (non-hydrogen) atoms. The van der Waals surface area contributed by atoms with Crippen LogP contribution in [0, 0.1) is 16.0 Å². The average Bonchev–Trinajstić information content (AvgIpc) is 3.29. The van der Waals surface area contributed by atoms with Crippen molar-refractivity contribution >= 4 is 28.7 Å². The van der Waals surface area contributed by atoms with Crippen LogP contribution in [0.25, 0.3) is 0 Å². The highest BCUT2D eigenvalue weighted by Gasteiger charge is 2.24. The van der Waals surface area contributed by atoms with Crippen molar-refractivity contribution in [1.82, 2.24) is 0 Å². The lowest BCUT2D eigenvalue weighted by molar-refractivity contribution is -0.384. The van der Waals surface area contributed by atoms with E-state index in [1.807, 2.05) is 18.2 Å². The molecule has 2 aliphatic heterocycles. The van der Waals surface area contributed by atoms with Crippen LogP contribution >= 0.6 is 0 Å². The van der Waals surface area contributed by atoms with E-state index in [-0.39, 0.29) is 11.6 Å². The molecule has 0 unspecified atom stereocenters. The van der Waals surface area contributed by atoms with Crippen LogP contribution in [0.2, 0.25) is 0 Å². The Morgan fingerprint density at radius 2 is 1.77 bits per heavy atom. The molecule has 0 spiro atoms. The summed E-state index contributed by atoms with van der Waals surface area (Å²) < 4.78 is 0. The molecule has 0 saturated carbocycles. The number of carbonyl (C=O) groups is 1. The zero-order valence-electron chi connectivity index (χ0n) is 17.3. The number of nitro benzene ring substituents is 1. The van der Waals surface area contributed by atoms with Crippen molar-refractivity contribution in [2.45, 2.75) is 32.6 Å².